The molecule has 2 N–H and O–H groups in total. The van der Waals surface area contributed by atoms with Gasteiger partial charge in [0.2, 0.25) is 0 Å². The van der Waals surface area contributed by atoms with E-state index in [4.69, 9.17) is 19.9 Å². The van der Waals surface area contributed by atoms with Crippen molar-refractivity contribution in [2.75, 3.05) is 0 Å². The molecule has 1 radical (unpaired) electrons. The number of aliphatic hydroxyl groups is 2. The Bertz CT molecular complexity index is 3730. The van der Waals surface area contributed by atoms with Gasteiger partial charge in [0.25, 0.3) is 0 Å². The van der Waals surface area contributed by atoms with Crippen LogP contribution in [0.2, 0.25) is 0 Å². The van der Waals surface area contributed by atoms with Crippen molar-refractivity contribution in [2.24, 2.45) is 0 Å². The first kappa shape index (κ1) is 52.6. The van der Waals surface area contributed by atoms with Crippen LogP contribution in [0.25, 0.3) is 88.6 Å². The standard InChI is InChI=1S/2C33H24N4O2.Ir/c2*1-21(38)18-30(39)31(32-24-12-4-2-10-22(24)19-28(36-32)26-14-6-8-16-34-26)33-25-13-5-3-11-23(25)20-29(37-33)27-15-7-9-17-35-27;/h2*2-20,31,38H,1H3;/b2*21-18-;. The van der Waals surface area contributed by atoms with Crippen LogP contribution in [0.5, 0.6) is 0 Å². The van der Waals surface area contributed by atoms with Crippen molar-refractivity contribution in [3.63, 3.8) is 0 Å². The maximum atomic E-state index is 14.0. The molecule has 0 saturated heterocycles. The molecule has 0 aliphatic rings. The first-order valence-corrected chi connectivity index (χ1v) is 25.2. The first-order valence-electron chi connectivity index (χ1n) is 25.2. The molecule has 8 heterocycles. The Balaban J connectivity index is 0.000000176. The smallest absolute Gasteiger partial charge is 0.174 e. The second kappa shape index (κ2) is 23.6. The summed E-state index contributed by atoms with van der Waals surface area (Å²) < 4.78 is 0. The number of ketones is 2. The van der Waals surface area contributed by atoms with Crippen LogP contribution in [0.1, 0.15) is 48.5 Å². The maximum absolute atomic E-state index is 14.0. The van der Waals surface area contributed by atoms with Crippen molar-refractivity contribution in [1.29, 1.82) is 0 Å². The van der Waals surface area contributed by atoms with Crippen LogP contribution in [0, 0.1) is 0 Å². The third kappa shape index (κ3) is 11.4. The van der Waals surface area contributed by atoms with E-state index in [0.29, 0.717) is 68.3 Å². The second-order valence-corrected chi connectivity index (χ2v) is 18.6. The van der Waals surface area contributed by atoms with Gasteiger partial charge in [-0.2, -0.15) is 0 Å². The Labute approximate surface area is 468 Å². The predicted octanol–water partition coefficient (Wildman–Crippen LogP) is 14.1. The zero-order chi connectivity index (χ0) is 53.5. The van der Waals surface area contributed by atoms with Crippen molar-refractivity contribution in [3.8, 4) is 45.6 Å². The van der Waals surface area contributed by atoms with Gasteiger partial charge < -0.3 is 10.2 Å². The Morgan fingerprint density at radius 2 is 0.570 bits per heavy atom. The molecular weight excluding hydrogens is 1160 g/mol. The van der Waals surface area contributed by atoms with Crippen molar-refractivity contribution in [3.05, 3.63) is 265 Å². The minimum atomic E-state index is -0.894. The molecule has 0 saturated carbocycles. The first-order chi connectivity index (χ1) is 38.2. The molecule has 0 unspecified atom stereocenters. The van der Waals surface area contributed by atoms with E-state index in [-0.39, 0.29) is 43.2 Å². The van der Waals surface area contributed by atoms with Gasteiger partial charge in [0, 0.05) is 78.6 Å². The number of carbonyl (C=O) groups is 2. The SMILES string of the molecule is C/C(O)=C/C(=O)C(c1nc(-c2ccccn2)cc2ccccc12)c1nc(-c2ccccn2)cc2ccccc12.C/C(O)=C/C(=O)C(c1nc(-c2ccccn2)cc2ccccc12)c1nc(-c2ccccn2)cc2ccccc12.[Ir]. The number of benzene rings is 4. The molecule has 0 aliphatic carbocycles. The summed E-state index contributed by atoms with van der Waals surface area (Å²) in [6.07, 6.45) is 9.38. The average molecular weight is 1210 g/mol. The van der Waals surface area contributed by atoms with E-state index < -0.39 is 11.8 Å². The predicted molar refractivity (Wildman–Crippen MR) is 306 cm³/mol. The number of rotatable bonds is 12. The number of nitrogens with zero attached hydrogens (tertiary/aromatic N) is 8. The zero-order valence-electron chi connectivity index (χ0n) is 42.7. The summed E-state index contributed by atoms with van der Waals surface area (Å²) in [5, 5.41) is 27.3. The molecule has 0 aliphatic heterocycles. The van der Waals surface area contributed by atoms with Gasteiger partial charge in [-0.3, -0.25) is 29.5 Å². The Hall–Kier alpha value is -9.81. The summed E-state index contributed by atoms with van der Waals surface area (Å²) in [6.45, 7) is 2.97. The van der Waals surface area contributed by atoms with E-state index >= 15 is 0 Å². The molecule has 12 aromatic rings. The summed E-state index contributed by atoms with van der Waals surface area (Å²) in [7, 11) is 0. The van der Waals surface area contributed by atoms with Crippen LogP contribution in [-0.2, 0) is 29.7 Å². The molecule has 13 heteroatoms. The third-order valence-corrected chi connectivity index (χ3v) is 13.2. The number of hydrogen-bond donors (Lipinski definition) is 2. The maximum Gasteiger partial charge on any atom is 0.174 e. The molecule has 0 spiro atoms. The Kier molecular flexibility index (Phi) is 15.7. The molecule has 0 amide bonds. The molecular formula is C66H48IrN8O4. The van der Waals surface area contributed by atoms with Crippen molar-refractivity contribution in [1.82, 2.24) is 39.9 Å². The van der Waals surface area contributed by atoms with Crippen LogP contribution in [0.15, 0.2) is 243 Å². The summed E-state index contributed by atoms with van der Waals surface area (Å²) in [6, 6.07) is 61.9. The molecule has 8 aromatic heterocycles. The van der Waals surface area contributed by atoms with Gasteiger partial charge in [0.05, 0.1) is 79.8 Å². The normalized spacial score (nSPS) is 11.6. The van der Waals surface area contributed by atoms with Gasteiger partial charge in [-0.05, 0) is 108 Å². The monoisotopic (exact) mass is 1210 g/mol. The van der Waals surface area contributed by atoms with Gasteiger partial charge >= 0.3 is 0 Å². The minimum absolute atomic E-state index is 0. The number of allylic oxidation sites excluding steroid dienone is 4. The largest absolute Gasteiger partial charge is 0.512 e. The van der Waals surface area contributed by atoms with Crippen LogP contribution < -0.4 is 0 Å². The van der Waals surface area contributed by atoms with E-state index in [1.807, 2.05) is 194 Å². The number of fused-ring (bicyclic) bond motifs is 4. The number of aliphatic hydroxyl groups excluding tert-OH is 2. The molecule has 0 atom stereocenters. The van der Waals surface area contributed by atoms with Crippen LogP contribution in [-0.4, -0.2) is 61.7 Å². The second-order valence-electron chi connectivity index (χ2n) is 18.6. The molecule has 0 bridgehead atoms. The fraction of sp³-hybridized carbons (Fsp3) is 0.0606. The summed E-state index contributed by atoms with van der Waals surface area (Å²) >= 11 is 0. The van der Waals surface area contributed by atoms with E-state index in [1.54, 1.807) is 24.8 Å². The average Bonchev–Trinajstić information content (AvgIpc) is 3.58. The summed E-state index contributed by atoms with van der Waals surface area (Å²) in [5.41, 5.74) is 7.59. The number of hydrogen-bond acceptors (Lipinski definition) is 12. The van der Waals surface area contributed by atoms with Gasteiger partial charge in [0.1, 0.15) is 11.8 Å². The van der Waals surface area contributed by atoms with Crippen molar-refractivity contribution >= 4 is 54.7 Å². The third-order valence-electron chi connectivity index (χ3n) is 13.2. The fourth-order valence-electron chi connectivity index (χ4n) is 9.74. The van der Waals surface area contributed by atoms with Gasteiger partial charge in [-0.1, -0.05) is 121 Å². The number of carbonyl (C=O) groups excluding carboxylic acids is 2. The van der Waals surface area contributed by atoms with Gasteiger partial charge in [0.15, 0.2) is 11.6 Å². The number of aromatic nitrogens is 8. The molecule has 0 fully saturated rings. The molecule has 12 rings (SSSR count). The van der Waals surface area contributed by atoms with E-state index in [9.17, 15) is 19.8 Å². The fourth-order valence-corrected chi connectivity index (χ4v) is 9.74. The van der Waals surface area contributed by atoms with E-state index in [1.165, 1.54) is 26.0 Å². The van der Waals surface area contributed by atoms with Gasteiger partial charge in [-0.15, -0.1) is 0 Å². The minimum Gasteiger partial charge on any atom is -0.512 e. The van der Waals surface area contributed by atoms with Crippen LogP contribution in [0.3, 0.4) is 0 Å². The molecule has 385 valence electrons. The molecule has 79 heavy (non-hydrogen) atoms. The van der Waals surface area contributed by atoms with E-state index in [2.05, 4.69) is 19.9 Å². The van der Waals surface area contributed by atoms with Crippen LogP contribution >= 0.6 is 0 Å². The quantitative estimate of drug-likeness (QED) is 0.0875. The summed E-state index contributed by atoms with van der Waals surface area (Å²) in [5.74, 6) is -2.59. The topological polar surface area (TPSA) is 178 Å². The van der Waals surface area contributed by atoms with Crippen LogP contribution in [0.4, 0.5) is 0 Å². The van der Waals surface area contributed by atoms with E-state index in [0.717, 1.165) is 43.1 Å². The van der Waals surface area contributed by atoms with Crippen molar-refractivity contribution < 1.29 is 39.9 Å². The van der Waals surface area contributed by atoms with Gasteiger partial charge in [-0.25, -0.2) is 19.9 Å². The molecule has 12 nitrogen and oxygen atoms in total. The Morgan fingerprint density at radius 3 is 0.785 bits per heavy atom. The molecule has 4 aromatic carbocycles. The Morgan fingerprint density at radius 1 is 0.342 bits per heavy atom. The number of pyridine rings is 8. The van der Waals surface area contributed by atoms with Crippen molar-refractivity contribution in [2.45, 2.75) is 25.7 Å². The zero-order valence-corrected chi connectivity index (χ0v) is 45.1. The summed E-state index contributed by atoms with van der Waals surface area (Å²) in [4.78, 5) is 66.1.